The fraction of sp³-hybridized carbons (Fsp3) is 0.391. The number of rotatable bonds is 7. The van der Waals surface area contributed by atoms with Crippen molar-refractivity contribution in [1.29, 1.82) is 0 Å². The van der Waals surface area contributed by atoms with E-state index in [0.717, 1.165) is 32.4 Å². The lowest BCUT2D eigenvalue weighted by molar-refractivity contribution is -0.384. The van der Waals surface area contributed by atoms with Crippen LogP contribution in [-0.4, -0.2) is 54.0 Å². The van der Waals surface area contributed by atoms with Crippen molar-refractivity contribution in [3.63, 3.8) is 0 Å². The first kappa shape index (κ1) is 22.5. The van der Waals surface area contributed by atoms with Crippen molar-refractivity contribution in [1.82, 2.24) is 9.47 Å². The number of piperidine rings is 1. The third-order valence-corrected chi connectivity index (χ3v) is 5.83. The Balaban J connectivity index is 1.66. The zero-order valence-electron chi connectivity index (χ0n) is 18.7. The van der Waals surface area contributed by atoms with Gasteiger partial charge in [0.15, 0.2) is 5.58 Å². The third kappa shape index (κ3) is 4.90. The van der Waals surface area contributed by atoms with E-state index in [9.17, 15) is 19.7 Å². The van der Waals surface area contributed by atoms with Crippen LogP contribution in [0.4, 0.5) is 17.1 Å². The number of amides is 1. The minimum Gasteiger partial charge on any atom is -0.408 e. The number of oxazole rings is 1. The molecule has 0 bridgehead atoms. The van der Waals surface area contributed by atoms with Crippen LogP contribution >= 0.6 is 0 Å². The molecule has 0 unspecified atom stereocenters. The molecule has 1 aliphatic rings. The van der Waals surface area contributed by atoms with E-state index in [4.69, 9.17) is 4.42 Å². The molecule has 4 rings (SSSR count). The number of non-ortho nitro benzene ring substituents is 1. The summed E-state index contributed by atoms with van der Waals surface area (Å²) in [6, 6.07) is 9.38. The molecule has 1 aromatic heterocycles. The second kappa shape index (κ2) is 9.45. The topological polar surface area (TPSA) is 114 Å². The smallest absolute Gasteiger partial charge is 0.408 e. The van der Waals surface area contributed by atoms with Crippen LogP contribution in [0.15, 0.2) is 45.6 Å². The van der Waals surface area contributed by atoms with Crippen LogP contribution in [0.1, 0.15) is 29.6 Å². The van der Waals surface area contributed by atoms with E-state index in [1.165, 1.54) is 16.7 Å². The number of fused-ring (bicyclic) bond motifs is 1. The summed E-state index contributed by atoms with van der Waals surface area (Å²) in [5.74, 6) is -0.897. The van der Waals surface area contributed by atoms with Crippen LogP contribution in [0.2, 0.25) is 0 Å². The number of hydrogen-bond acceptors (Lipinski definition) is 7. The molecule has 0 atom stereocenters. The van der Waals surface area contributed by atoms with Crippen molar-refractivity contribution in [2.75, 3.05) is 43.9 Å². The quantitative estimate of drug-likeness (QED) is 0.431. The van der Waals surface area contributed by atoms with Crippen LogP contribution in [-0.2, 0) is 6.54 Å². The number of nitro groups is 1. The van der Waals surface area contributed by atoms with Gasteiger partial charge in [-0.05, 0) is 57.6 Å². The second-order valence-corrected chi connectivity index (χ2v) is 8.47. The molecule has 2 aromatic carbocycles. The number of anilines is 2. The molecule has 3 aromatic rings. The minimum absolute atomic E-state index is 0.135. The van der Waals surface area contributed by atoms with Crippen molar-refractivity contribution in [3.8, 4) is 0 Å². The van der Waals surface area contributed by atoms with Crippen LogP contribution in [0.3, 0.4) is 0 Å². The summed E-state index contributed by atoms with van der Waals surface area (Å²) < 4.78 is 6.84. The minimum atomic E-state index is -0.502. The van der Waals surface area contributed by atoms with Gasteiger partial charge in [-0.3, -0.25) is 19.5 Å². The number of likely N-dealkylation sites (N-methyl/N-ethyl adjacent to an activating group) is 1. The lowest BCUT2D eigenvalue weighted by Crippen LogP contribution is -2.31. The molecule has 0 spiro atoms. The molecule has 1 N–H and O–H groups in total. The van der Waals surface area contributed by atoms with Crippen LogP contribution in [0.25, 0.3) is 11.1 Å². The zero-order chi connectivity index (χ0) is 23.5. The van der Waals surface area contributed by atoms with Crippen molar-refractivity contribution in [2.24, 2.45) is 0 Å². The first-order valence-corrected chi connectivity index (χ1v) is 11.0. The first-order valence-electron chi connectivity index (χ1n) is 11.0. The fourth-order valence-electron chi connectivity index (χ4n) is 4.08. The van der Waals surface area contributed by atoms with E-state index in [-0.39, 0.29) is 11.3 Å². The predicted molar refractivity (Wildman–Crippen MR) is 126 cm³/mol. The Morgan fingerprint density at radius 3 is 2.61 bits per heavy atom. The van der Waals surface area contributed by atoms with Gasteiger partial charge in [-0.2, -0.15) is 0 Å². The molecular formula is C23H27N5O5. The highest BCUT2D eigenvalue weighted by atomic mass is 16.6. The third-order valence-electron chi connectivity index (χ3n) is 5.83. The summed E-state index contributed by atoms with van der Waals surface area (Å²) in [5.41, 5.74) is 2.29. The maximum atomic E-state index is 13.2. The lowest BCUT2D eigenvalue weighted by Gasteiger charge is -2.30. The Bertz CT molecular complexity index is 1240. The summed E-state index contributed by atoms with van der Waals surface area (Å²) in [6.07, 6.45) is 3.16. The number of hydrogen-bond donors (Lipinski definition) is 1. The molecule has 10 heteroatoms. The molecule has 1 fully saturated rings. The first-order chi connectivity index (χ1) is 15.8. The van der Waals surface area contributed by atoms with Gasteiger partial charge in [0.2, 0.25) is 0 Å². The predicted octanol–water partition coefficient (Wildman–Crippen LogP) is 3.31. The molecule has 10 nitrogen and oxygen atoms in total. The van der Waals surface area contributed by atoms with E-state index in [1.807, 2.05) is 19.0 Å². The van der Waals surface area contributed by atoms with Gasteiger partial charge in [0.05, 0.1) is 21.7 Å². The number of benzene rings is 2. The summed E-state index contributed by atoms with van der Waals surface area (Å²) in [4.78, 5) is 40.4. The average molecular weight is 453 g/mol. The van der Waals surface area contributed by atoms with Gasteiger partial charge < -0.3 is 19.5 Å². The number of nitrogens with zero attached hydrogens (tertiary/aromatic N) is 4. The highest BCUT2D eigenvalue weighted by Crippen LogP contribution is 2.29. The van der Waals surface area contributed by atoms with Crippen LogP contribution in [0.5, 0.6) is 0 Å². The second-order valence-electron chi connectivity index (χ2n) is 8.47. The zero-order valence-corrected chi connectivity index (χ0v) is 18.7. The van der Waals surface area contributed by atoms with Gasteiger partial charge in [0, 0.05) is 44.0 Å². The van der Waals surface area contributed by atoms with Crippen LogP contribution in [0, 0.1) is 10.1 Å². The summed E-state index contributed by atoms with van der Waals surface area (Å²) >= 11 is 0. The van der Waals surface area contributed by atoms with Gasteiger partial charge >= 0.3 is 5.76 Å². The van der Waals surface area contributed by atoms with Gasteiger partial charge in [0.1, 0.15) is 0 Å². The molecule has 1 amide bonds. The molecule has 33 heavy (non-hydrogen) atoms. The number of aromatic nitrogens is 1. The summed E-state index contributed by atoms with van der Waals surface area (Å²) in [5, 5.41) is 14.2. The number of nitro benzene ring substituents is 1. The number of carbonyl (C=O) groups excluding carboxylic acids is 1. The van der Waals surface area contributed by atoms with Crippen molar-refractivity contribution in [2.45, 2.75) is 25.8 Å². The van der Waals surface area contributed by atoms with Gasteiger partial charge in [-0.25, -0.2) is 4.79 Å². The van der Waals surface area contributed by atoms with E-state index in [2.05, 4.69) is 10.2 Å². The number of carbonyl (C=O) groups is 1. The van der Waals surface area contributed by atoms with Gasteiger partial charge in [-0.15, -0.1) is 0 Å². The maximum Gasteiger partial charge on any atom is 0.419 e. The largest absolute Gasteiger partial charge is 0.419 e. The lowest BCUT2D eigenvalue weighted by atomic mass is 10.1. The Labute approximate surface area is 190 Å². The Morgan fingerprint density at radius 2 is 1.91 bits per heavy atom. The Morgan fingerprint density at radius 1 is 1.15 bits per heavy atom. The monoisotopic (exact) mass is 453 g/mol. The summed E-state index contributed by atoms with van der Waals surface area (Å²) in [7, 11) is 3.83. The number of nitrogens with one attached hydrogen (secondary N) is 1. The van der Waals surface area contributed by atoms with Gasteiger partial charge in [0.25, 0.3) is 11.6 Å². The molecule has 0 aliphatic carbocycles. The summed E-state index contributed by atoms with van der Waals surface area (Å²) in [6.45, 7) is 2.70. The molecule has 1 saturated heterocycles. The Kier molecular flexibility index (Phi) is 6.45. The fourth-order valence-corrected chi connectivity index (χ4v) is 4.08. The normalized spacial score (nSPS) is 14.1. The molecule has 0 saturated carbocycles. The van der Waals surface area contributed by atoms with Crippen molar-refractivity contribution < 1.29 is 14.1 Å². The SMILES string of the molecule is CN(C)CCn1c(=O)oc2ccc(NC(=O)c3cc([N+](=O)[O-])ccc3N3CCCCC3)cc21. The highest BCUT2D eigenvalue weighted by Gasteiger charge is 2.22. The van der Waals surface area contributed by atoms with E-state index in [1.54, 1.807) is 24.3 Å². The standard InChI is InChI=1S/C23H27N5O5/c1-25(2)12-13-27-20-14-16(6-9-21(20)33-23(27)30)24-22(29)18-15-17(28(31)32)7-8-19(18)26-10-4-3-5-11-26/h6-9,14-15H,3-5,10-13H2,1-2H3,(H,24,29). The van der Waals surface area contributed by atoms with E-state index in [0.29, 0.717) is 35.6 Å². The average Bonchev–Trinajstić information content (AvgIpc) is 3.12. The molecule has 174 valence electrons. The molecule has 0 radical (unpaired) electrons. The Hall–Kier alpha value is -3.66. The van der Waals surface area contributed by atoms with Crippen molar-refractivity contribution in [3.05, 3.63) is 62.6 Å². The molecular weight excluding hydrogens is 426 g/mol. The highest BCUT2D eigenvalue weighted by molar-refractivity contribution is 6.09. The molecule has 1 aliphatic heterocycles. The van der Waals surface area contributed by atoms with Crippen molar-refractivity contribution >= 4 is 34.1 Å². The van der Waals surface area contributed by atoms with Gasteiger partial charge in [-0.1, -0.05) is 0 Å². The van der Waals surface area contributed by atoms with E-state index < -0.39 is 16.6 Å². The molecule has 2 heterocycles. The van der Waals surface area contributed by atoms with E-state index >= 15 is 0 Å². The van der Waals surface area contributed by atoms with Crippen LogP contribution < -0.4 is 16.0 Å². The maximum absolute atomic E-state index is 13.2.